The Hall–Kier alpha value is -2.87. The van der Waals surface area contributed by atoms with Crippen LogP contribution in [0, 0.1) is 17.8 Å². The van der Waals surface area contributed by atoms with Crippen molar-refractivity contribution in [2.24, 2.45) is 17.8 Å². The number of hydrogen-bond donors (Lipinski definition) is 1. The Morgan fingerprint density at radius 1 is 1.16 bits per heavy atom. The number of fused-ring (bicyclic) bond motifs is 1. The number of carbonyl (C=O) groups excluding carboxylic acids is 4. The average Bonchev–Trinajstić information content (AvgIpc) is 3.01. The summed E-state index contributed by atoms with van der Waals surface area (Å²) in [6.07, 6.45) is 5.02. The number of anilines is 1. The van der Waals surface area contributed by atoms with Crippen LogP contribution in [0.5, 0.6) is 5.75 Å². The fourth-order valence-corrected chi connectivity index (χ4v) is 4.32. The molecule has 1 N–H and O–H groups in total. The molecule has 9 heteroatoms. The Kier molecular flexibility index (Phi) is 7.56. The van der Waals surface area contributed by atoms with Gasteiger partial charge < -0.3 is 14.8 Å². The molecule has 2 aliphatic rings. The van der Waals surface area contributed by atoms with Crippen LogP contribution in [-0.2, 0) is 23.9 Å². The second kappa shape index (κ2) is 10.2. The molecule has 32 heavy (non-hydrogen) atoms. The topological polar surface area (TPSA) is 102 Å². The molecule has 1 fully saturated rings. The highest BCUT2D eigenvalue weighted by atomic mass is 35.5. The fourth-order valence-electron chi connectivity index (χ4n) is 4.06. The van der Waals surface area contributed by atoms with Crippen LogP contribution in [0.25, 0.3) is 0 Å². The number of methoxy groups -OCH3 is 1. The van der Waals surface area contributed by atoms with Crippen molar-refractivity contribution in [3.8, 4) is 5.75 Å². The summed E-state index contributed by atoms with van der Waals surface area (Å²) in [4.78, 5) is 52.0. The second-order valence-electron chi connectivity index (χ2n) is 8.35. The molecule has 0 saturated carbocycles. The van der Waals surface area contributed by atoms with Crippen LogP contribution in [0.2, 0.25) is 5.02 Å². The van der Waals surface area contributed by atoms with Gasteiger partial charge in [-0.05, 0) is 43.4 Å². The molecule has 3 atom stereocenters. The van der Waals surface area contributed by atoms with Gasteiger partial charge in [0.15, 0.2) is 6.61 Å². The molecular weight excluding hydrogens is 436 g/mol. The van der Waals surface area contributed by atoms with Gasteiger partial charge in [-0.3, -0.25) is 19.3 Å². The molecule has 1 aromatic rings. The lowest BCUT2D eigenvalue weighted by atomic mass is 9.85. The van der Waals surface area contributed by atoms with E-state index >= 15 is 0 Å². The number of halogens is 1. The van der Waals surface area contributed by atoms with Gasteiger partial charge in [0.1, 0.15) is 11.8 Å². The number of likely N-dealkylation sites (tertiary alicyclic amines) is 1. The van der Waals surface area contributed by atoms with E-state index in [0.717, 1.165) is 4.90 Å². The number of nitrogens with one attached hydrogen (secondary N) is 1. The van der Waals surface area contributed by atoms with E-state index in [1.807, 2.05) is 26.0 Å². The summed E-state index contributed by atoms with van der Waals surface area (Å²) in [5.74, 6) is -2.40. The first-order valence-electron chi connectivity index (χ1n) is 10.5. The van der Waals surface area contributed by atoms with Crippen LogP contribution >= 0.6 is 11.6 Å². The zero-order chi connectivity index (χ0) is 23.4. The van der Waals surface area contributed by atoms with Crippen LogP contribution in [0.4, 0.5) is 5.69 Å². The van der Waals surface area contributed by atoms with Crippen LogP contribution < -0.4 is 10.1 Å². The normalized spacial score (nSPS) is 20.8. The highest BCUT2D eigenvalue weighted by Crippen LogP contribution is 2.37. The van der Waals surface area contributed by atoms with E-state index in [4.69, 9.17) is 21.1 Å². The minimum absolute atomic E-state index is 0.0316. The van der Waals surface area contributed by atoms with Gasteiger partial charge in [0.2, 0.25) is 11.8 Å². The Balaban J connectivity index is 1.65. The fraction of sp³-hybridized carbons (Fsp3) is 0.478. The van der Waals surface area contributed by atoms with Crippen molar-refractivity contribution in [1.29, 1.82) is 0 Å². The average molecular weight is 463 g/mol. The Morgan fingerprint density at radius 2 is 1.78 bits per heavy atom. The lowest BCUT2D eigenvalue weighted by Crippen LogP contribution is -2.47. The Labute approximate surface area is 191 Å². The van der Waals surface area contributed by atoms with Gasteiger partial charge in [-0.15, -0.1) is 0 Å². The third-order valence-corrected chi connectivity index (χ3v) is 5.90. The molecule has 0 aromatic heterocycles. The largest absolute Gasteiger partial charge is 0.495 e. The molecule has 3 amide bonds. The maximum Gasteiger partial charge on any atom is 0.329 e. The number of ether oxygens (including phenoxy) is 2. The number of hydrogen-bond acceptors (Lipinski definition) is 6. The Bertz CT molecular complexity index is 918. The van der Waals surface area contributed by atoms with Crippen LogP contribution in [0.1, 0.15) is 33.1 Å². The summed E-state index contributed by atoms with van der Waals surface area (Å²) in [5, 5.41) is 2.91. The van der Waals surface area contributed by atoms with E-state index in [1.54, 1.807) is 12.1 Å². The molecule has 1 saturated heterocycles. The molecule has 1 aliphatic carbocycles. The molecule has 1 aromatic carbocycles. The van der Waals surface area contributed by atoms with Gasteiger partial charge >= 0.3 is 5.97 Å². The van der Waals surface area contributed by atoms with E-state index < -0.39 is 36.4 Å². The van der Waals surface area contributed by atoms with Gasteiger partial charge in [0, 0.05) is 5.69 Å². The quantitative estimate of drug-likeness (QED) is 0.361. The number of benzene rings is 1. The van der Waals surface area contributed by atoms with Crippen molar-refractivity contribution in [3.63, 3.8) is 0 Å². The summed E-state index contributed by atoms with van der Waals surface area (Å²) in [6.45, 7) is 3.22. The van der Waals surface area contributed by atoms with Crippen molar-refractivity contribution in [2.75, 3.05) is 19.0 Å². The first-order chi connectivity index (χ1) is 15.2. The summed E-state index contributed by atoms with van der Waals surface area (Å²) in [7, 11) is 1.48. The molecule has 1 aliphatic heterocycles. The van der Waals surface area contributed by atoms with Gasteiger partial charge in [0.25, 0.3) is 5.91 Å². The highest BCUT2D eigenvalue weighted by molar-refractivity contribution is 6.32. The van der Waals surface area contributed by atoms with Gasteiger partial charge in [0.05, 0.1) is 24.0 Å². The number of imide groups is 1. The Morgan fingerprint density at radius 3 is 2.31 bits per heavy atom. The molecular formula is C23H27ClN2O6. The smallest absolute Gasteiger partial charge is 0.329 e. The van der Waals surface area contributed by atoms with Crippen molar-refractivity contribution < 1.29 is 28.7 Å². The third-order valence-electron chi connectivity index (χ3n) is 5.60. The number of nitrogens with zero attached hydrogens (tertiary/aromatic N) is 1. The summed E-state index contributed by atoms with van der Waals surface area (Å²) in [6, 6.07) is 3.66. The molecule has 8 nitrogen and oxygen atoms in total. The van der Waals surface area contributed by atoms with Gasteiger partial charge in [-0.2, -0.15) is 0 Å². The van der Waals surface area contributed by atoms with E-state index in [1.165, 1.54) is 13.2 Å². The van der Waals surface area contributed by atoms with Crippen LogP contribution in [-0.4, -0.2) is 48.3 Å². The lowest BCUT2D eigenvalue weighted by Gasteiger charge is -2.26. The molecule has 3 rings (SSSR count). The second-order valence-corrected chi connectivity index (χ2v) is 8.76. The van der Waals surface area contributed by atoms with Crippen molar-refractivity contribution in [3.05, 3.63) is 35.4 Å². The molecule has 3 unspecified atom stereocenters. The number of rotatable bonds is 8. The summed E-state index contributed by atoms with van der Waals surface area (Å²) in [5.41, 5.74) is 0.414. The third kappa shape index (κ3) is 5.12. The van der Waals surface area contributed by atoms with Crippen molar-refractivity contribution in [1.82, 2.24) is 4.90 Å². The molecule has 172 valence electrons. The maximum atomic E-state index is 12.9. The van der Waals surface area contributed by atoms with Crippen LogP contribution in [0.3, 0.4) is 0 Å². The minimum atomic E-state index is -1.05. The van der Waals surface area contributed by atoms with Crippen LogP contribution in [0.15, 0.2) is 30.4 Å². The number of esters is 1. The minimum Gasteiger partial charge on any atom is -0.495 e. The number of allylic oxidation sites excluding steroid dienone is 2. The van der Waals surface area contributed by atoms with E-state index in [0.29, 0.717) is 29.3 Å². The van der Waals surface area contributed by atoms with Crippen molar-refractivity contribution >= 4 is 41.0 Å². The first-order valence-corrected chi connectivity index (χ1v) is 10.9. The summed E-state index contributed by atoms with van der Waals surface area (Å²) < 4.78 is 10.3. The number of amides is 3. The van der Waals surface area contributed by atoms with Crippen molar-refractivity contribution in [2.45, 2.75) is 39.2 Å². The monoisotopic (exact) mass is 462 g/mol. The molecule has 0 bridgehead atoms. The standard InChI is InChI=1S/C23H27ClN2O6/c1-13(2)10-18(26-21(28)15-6-4-5-7-16(15)22(26)29)23(30)32-12-20(27)25-14-8-9-19(31-3)17(24)11-14/h4-5,8-9,11,13,15-16,18H,6-7,10,12H2,1-3H3,(H,25,27). The number of carbonyl (C=O) groups is 4. The zero-order valence-corrected chi connectivity index (χ0v) is 19.1. The highest BCUT2D eigenvalue weighted by Gasteiger charge is 2.51. The SMILES string of the molecule is COc1ccc(NC(=O)COC(=O)C(CC(C)C)N2C(=O)C3CC=CCC3C2=O)cc1Cl. The zero-order valence-electron chi connectivity index (χ0n) is 18.3. The molecule has 1 heterocycles. The van der Waals surface area contributed by atoms with Gasteiger partial charge in [-0.25, -0.2) is 4.79 Å². The summed E-state index contributed by atoms with van der Waals surface area (Å²) >= 11 is 6.05. The lowest BCUT2D eigenvalue weighted by molar-refractivity contribution is -0.160. The van der Waals surface area contributed by atoms with E-state index in [2.05, 4.69) is 5.32 Å². The first kappa shape index (κ1) is 23.8. The predicted octanol–water partition coefficient (Wildman–Crippen LogP) is 3.20. The molecule has 0 spiro atoms. The molecule has 0 radical (unpaired) electrons. The predicted molar refractivity (Wildman–Crippen MR) is 118 cm³/mol. The van der Waals surface area contributed by atoms with E-state index in [9.17, 15) is 19.2 Å². The van der Waals surface area contributed by atoms with Gasteiger partial charge in [-0.1, -0.05) is 37.6 Å². The maximum absolute atomic E-state index is 12.9. The van der Waals surface area contributed by atoms with E-state index in [-0.39, 0.29) is 24.2 Å².